The van der Waals surface area contributed by atoms with E-state index < -0.39 is 4.92 Å². The van der Waals surface area contributed by atoms with Gasteiger partial charge in [0.15, 0.2) is 0 Å². The molecule has 0 saturated heterocycles. The first kappa shape index (κ1) is 16.1. The first-order chi connectivity index (χ1) is 9.36. The van der Waals surface area contributed by atoms with Crippen LogP contribution in [0.5, 0.6) is 0 Å². The first-order valence-electron chi connectivity index (χ1n) is 6.50. The lowest BCUT2D eigenvalue weighted by Gasteiger charge is -2.19. The lowest BCUT2D eigenvalue weighted by molar-refractivity contribution is -0.385. The first-order valence-corrected chi connectivity index (χ1v) is 6.50. The van der Waals surface area contributed by atoms with E-state index in [9.17, 15) is 14.9 Å². The van der Waals surface area contributed by atoms with Crippen molar-refractivity contribution in [2.45, 2.75) is 33.2 Å². The fraction of sp³-hybridized carbons (Fsp3) is 0.500. The zero-order valence-corrected chi connectivity index (χ0v) is 11.9. The predicted octanol–water partition coefficient (Wildman–Crippen LogP) is 1.58. The molecule has 0 aliphatic heterocycles. The Labute approximate surface area is 118 Å². The third-order valence-corrected chi connectivity index (χ3v) is 3.50. The number of aliphatic hydroxyl groups is 1. The van der Waals surface area contributed by atoms with Gasteiger partial charge < -0.3 is 10.4 Å². The molecule has 0 saturated carbocycles. The number of carbonyl (C=O) groups excluding carboxylic acids is 1. The standard InChI is InChI=1S/C14H20N2O4/c1-9(8-17)11(3)15-14(18)7-12-5-4-6-13(10(12)2)16(19)20/h4-6,9,11,17H,7-8H2,1-3H3,(H,15,18). The van der Waals surface area contributed by atoms with Crippen LogP contribution < -0.4 is 5.32 Å². The molecule has 1 amide bonds. The van der Waals surface area contributed by atoms with Crippen LogP contribution in [0.2, 0.25) is 0 Å². The van der Waals surface area contributed by atoms with E-state index in [-0.39, 0.29) is 36.6 Å². The van der Waals surface area contributed by atoms with Gasteiger partial charge in [0, 0.05) is 24.3 Å². The third kappa shape index (κ3) is 4.03. The lowest BCUT2D eigenvalue weighted by Crippen LogP contribution is -2.39. The SMILES string of the molecule is Cc1c(CC(=O)NC(C)C(C)CO)cccc1[N+](=O)[O-]. The van der Waals surface area contributed by atoms with Gasteiger partial charge in [0.25, 0.3) is 5.69 Å². The Bertz CT molecular complexity index is 502. The van der Waals surface area contributed by atoms with Crippen molar-refractivity contribution >= 4 is 11.6 Å². The number of nitrogens with zero attached hydrogens (tertiary/aromatic N) is 1. The number of nitro benzene ring substituents is 1. The van der Waals surface area contributed by atoms with Crippen LogP contribution in [0.15, 0.2) is 18.2 Å². The number of nitro groups is 1. The van der Waals surface area contributed by atoms with Crippen LogP contribution in [0.1, 0.15) is 25.0 Å². The maximum absolute atomic E-state index is 11.9. The summed E-state index contributed by atoms with van der Waals surface area (Å²) in [5, 5.41) is 22.7. The maximum atomic E-state index is 11.9. The Morgan fingerprint density at radius 2 is 2.10 bits per heavy atom. The molecule has 2 N–H and O–H groups in total. The third-order valence-electron chi connectivity index (χ3n) is 3.50. The molecule has 2 atom stereocenters. The molecule has 0 aliphatic carbocycles. The smallest absolute Gasteiger partial charge is 0.272 e. The molecule has 0 bridgehead atoms. The number of hydrogen-bond donors (Lipinski definition) is 2. The summed E-state index contributed by atoms with van der Waals surface area (Å²) in [6.45, 7) is 5.29. The van der Waals surface area contributed by atoms with E-state index in [4.69, 9.17) is 5.11 Å². The second kappa shape index (κ2) is 7.00. The van der Waals surface area contributed by atoms with E-state index in [0.717, 1.165) is 0 Å². The van der Waals surface area contributed by atoms with Gasteiger partial charge in [0.1, 0.15) is 0 Å². The Hall–Kier alpha value is -1.95. The molecule has 2 unspecified atom stereocenters. The minimum Gasteiger partial charge on any atom is -0.396 e. The Balaban J connectivity index is 2.76. The quantitative estimate of drug-likeness (QED) is 0.611. The fourth-order valence-corrected chi connectivity index (χ4v) is 1.84. The summed E-state index contributed by atoms with van der Waals surface area (Å²) in [6.07, 6.45) is 0.0933. The molecule has 0 aromatic heterocycles. The van der Waals surface area contributed by atoms with Crippen molar-refractivity contribution in [2.24, 2.45) is 5.92 Å². The molecule has 0 fully saturated rings. The van der Waals surface area contributed by atoms with Crippen molar-refractivity contribution in [3.63, 3.8) is 0 Å². The minimum atomic E-state index is -0.451. The van der Waals surface area contributed by atoms with Crippen LogP contribution >= 0.6 is 0 Å². The van der Waals surface area contributed by atoms with Gasteiger partial charge in [-0.05, 0) is 25.3 Å². The van der Waals surface area contributed by atoms with E-state index in [1.165, 1.54) is 6.07 Å². The van der Waals surface area contributed by atoms with Crippen LogP contribution in [-0.2, 0) is 11.2 Å². The monoisotopic (exact) mass is 280 g/mol. The van der Waals surface area contributed by atoms with Crippen LogP contribution in [0, 0.1) is 23.0 Å². The average molecular weight is 280 g/mol. The molecule has 1 aromatic carbocycles. The van der Waals surface area contributed by atoms with E-state index >= 15 is 0 Å². The molecular formula is C14H20N2O4. The lowest BCUT2D eigenvalue weighted by atomic mass is 10.0. The van der Waals surface area contributed by atoms with E-state index in [2.05, 4.69) is 5.32 Å². The van der Waals surface area contributed by atoms with Crippen LogP contribution in [0.25, 0.3) is 0 Å². The second-order valence-electron chi connectivity index (χ2n) is 5.01. The molecule has 20 heavy (non-hydrogen) atoms. The Morgan fingerprint density at radius 1 is 1.45 bits per heavy atom. The van der Waals surface area contributed by atoms with Gasteiger partial charge in [-0.2, -0.15) is 0 Å². The highest BCUT2D eigenvalue weighted by Crippen LogP contribution is 2.21. The number of nitrogens with one attached hydrogen (secondary N) is 1. The van der Waals surface area contributed by atoms with Crippen molar-refractivity contribution < 1.29 is 14.8 Å². The summed E-state index contributed by atoms with van der Waals surface area (Å²) >= 11 is 0. The highest BCUT2D eigenvalue weighted by molar-refractivity contribution is 5.79. The molecule has 6 heteroatoms. The summed E-state index contributed by atoms with van der Waals surface area (Å²) < 4.78 is 0. The van der Waals surface area contributed by atoms with Gasteiger partial charge in [-0.1, -0.05) is 19.1 Å². The normalized spacial score (nSPS) is 13.6. The van der Waals surface area contributed by atoms with E-state index in [0.29, 0.717) is 11.1 Å². The van der Waals surface area contributed by atoms with Crippen molar-refractivity contribution in [3.05, 3.63) is 39.4 Å². The molecule has 0 spiro atoms. The molecule has 6 nitrogen and oxygen atoms in total. The van der Waals surface area contributed by atoms with Crippen LogP contribution in [0.4, 0.5) is 5.69 Å². The number of amides is 1. The number of aliphatic hydroxyl groups excluding tert-OH is 1. The molecule has 1 rings (SSSR count). The fourth-order valence-electron chi connectivity index (χ4n) is 1.84. The summed E-state index contributed by atoms with van der Waals surface area (Å²) in [5.41, 5.74) is 1.17. The van der Waals surface area contributed by atoms with Crippen molar-refractivity contribution in [1.29, 1.82) is 0 Å². The zero-order chi connectivity index (χ0) is 15.3. The van der Waals surface area contributed by atoms with Gasteiger partial charge in [-0.15, -0.1) is 0 Å². The zero-order valence-electron chi connectivity index (χ0n) is 11.9. The van der Waals surface area contributed by atoms with Gasteiger partial charge in [0.2, 0.25) is 5.91 Å². The van der Waals surface area contributed by atoms with E-state index in [1.807, 2.05) is 13.8 Å². The maximum Gasteiger partial charge on any atom is 0.272 e. The summed E-state index contributed by atoms with van der Waals surface area (Å²) in [5.74, 6) is -0.244. The number of benzene rings is 1. The van der Waals surface area contributed by atoms with Crippen molar-refractivity contribution in [3.8, 4) is 0 Å². The molecule has 0 aliphatic rings. The highest BCUT2D eigenvalue weighted by Gasteiger charge is 2.17. The summed E-state index contributed by atoms with van der Waals surface area (Å²) in [4.78, 5) is 22.3. The van der Waals surface area contributed by atoms with Gasteiger partial charge in [0.05, 0.1) is 11.3 Å². The van der Waals surface area contributed by atoms with Gasteiger partial charge in [-0.3, -0.25) is 14.9 Å². The number of hydrogen-bond acceptors (Lipinski definition) is 4. The second-order valence-corrected chi connectivity index (χ2v) is 5.01. The predicted molar refractivity (Wildman–Crippen MR) is 75.4 cm³/mol. The van der Waals surface area contributed by atoms with Crippen LogP contribution in [0.3, 0.4) is 0 Å². The van der Waals surface area contributed by atoms with E-state index in [1.54, 1.807) is 19.1 Å². The van der Waals surface area contributed by atoms with Gasteiger partial charge >= 0.3 is 0 Å². The minimum absolute atomic E-state index is 0.00270. The summed E-state index contributed by atoms with van der Waals surface area (Å²) in [7, 11) is 0. The average Bonchev–Trinajstić information content (AvgIpc) is 2.39. The van der Waals surface area contributed by atoms with Crippen LogP contribution in [-0.4, -0.2) is 28.6 Å². The van der Waals surface area contributed by atoms with Gasteiger partial charge in [-0.25, -0.2) is 0 Å². The Morgan fingerprint density at radius 3 is 2.65 bits per heavy atom. The largest absolute Gasteiger partial charge is 0.396 e. The number of carbonyl (C=O) groups is 1. The molecule has 1 aromatic rings. The topological polar surface area (TPSA) is 92.5 Å². The van der Waals surface area contributed by atoms with Crippen molar-refractivity contribution in [2.75, 3.05) is 6.61 Å². The summed E-state index contributed by atoms with van der Waals surface area (Å²) in [6, 6.07) is 4.56. The molecular weight excluding hydrogens is 260 g/mol. The Kier molecular flexibility index (Phi) is 5.64. The number of rotatable bonds is 6. The molecule has 0 heterocycles. The highest BCUT2D eigenvalue weighted by atomic mass is 16.6. The van der Waals surface area contributed by atoms with Crippen molar-refractivity contribution in [1.82, 2.24) is 5.32 Å². The molecule has 110 valence electrons. The molecule has 0 radical (unpaired) electrons.